The second-order valence-electron chi connectivity index (χ2n) is 2.29. The van der Waals surface area contributed by atoms with Gasteiger partial charge < -0.3 is 4.74 Å². The lowest BCUT2D eigenvalue weighted by molar-refractivity contribution is 0.415. The third kappa shape index (κ3) is 1.98. The fraction of sp³-hybridized carbons (Fsp3) is 0.222. The molecular formula is C9H8ClO2. The van der Waals surface area contributed by atoms with E-state index in [9.17, 15) is 4.79 Å². The summed E-state index contributed by atoms with van der Waals surface area (Å²) in [7, 11) is 1.55. The molecule has 3 heteroatoms. The molecule has 12 heavy (non-hydrogen) atoms. The summed E-state index contributed by atoms with van der Waals surface area (Å²) in [5, 5.41) is 0.519. The van der Waals surface area contributed by atoms with E-state index in [4.69, 9.17) is 16.3 Å². The van der Waals surface area contributed by atoms with Crippen molar-refractivity contribution >= 4 is 17.9 Å². The molecule has 2 nitrogen and oxygen atoms in total. The van der Waals surface area contributed by atoms with Gasteiger partial charge in [0.05, 0.1) is 12.1 Å². The molecule has 0 aliphatic heterocycles. The van der Waals surface area contributed by atoms with Gasteiger partial charge in [0.25, 0.3) is 0 Å². The van der Waals surface area contributed by atoms with Gasteiger partial charge in [0.1, 0.15) is 5.75 Å². The molecule has 0 aliphatic rings. The van der Waals surface area contributed by atoms with Crippen molar-refractivity contribution in [2.24, 2.45) is 0 Å². The average Bonchev–Trinajstić information content (AvgIpc) is 2.05. The van der Waals surface area contributed by atoms with Gasteiger partial charge in [-0.25, -0.2) is 0 Å². The Hall–Kier alpha value is -1.02. The zero-order chi connectivity index (χ0) is 8.97. The molecule has 0 fully saturated rings. The van der Waals surface area contributed by atoms with Crippen LogP contribution in [0.5, 0.6) is 5.75 Å². The Morgan fingerprint density at radius 1 is 1.58 bits per heavy atom. The second-order valence-corrected chi connectivity index (χ2v) is 2.70. The molecule has 1 aromatic rings. The van der Waals surface area contributed by atoms with Crippen LogP contribution >= 0.6 is 11.6 Å². The van der Waals surface area contributed by atoms with E-state index < -0.39 is 0 Å². The van der Waals surface area contributed by atoms with Crippen LogP contribution in [0.25, 0.3) is 0 Å². The minimum absolute atomic E-state index is 0.268. The predicted octanol–water partition coefficient (Wildman–Crippen LogP) is 2.00. The summed E-state index contributed by atoms with van der Waals surface area (Å²) in [6, 6.07) is 5.22. The number of carbonyl (C=O) groups excluding carboxylic acids is 1. The quantitative estimate of drug-likeness (QED) is 0.717. The molecule has 1 radical (unpaired) electrons. The highest BCUT2D eigenvalue weighted by Crippen LogP contribution is 2.24. The molecule has 63 valence electrons. The lowest BCUT2D eigenvalue weighted by Crippen LogP contribution is -1.88. The van der Waals surface area contributed by atoms with Crippen molar-refractivity contribution in [1.82, 2.24) is 0 Å². The number of hydrogen-bond acceptors (Lipinski definition) is 2. The lowest BCUT2D eigenvalue weighted by atomic mass is 10.2. The van der Waals surface area contributed by atoms with Gasteiger partial charge in [-0.3, -0.25) is 4.79 Å². The molecule has 0 atom stereocenters. The van der Waals surface area contributed by atoms with Gasteiger partial charge in [0.2, 0.25) is 6.29 Å². The third-order valence-corrected chi connectivity index (χ3v) is 1.79. The molecule has 0 saturated heterocycles. The molecule has 1 aromatic carbocycles. The number of hydrogen-bond donors (Lipinski definition) is 0. The van der Waals surface area contributed by atoms with E-state index in [2.05, 4.69) is 0 Å². The largest absolute Gasteiger partial charge is 0.495 e. The van der Waals surface area contributed by atoms with Crippen molar-refractivity contribution in [2.75, 3.05) is 7.11 Å². The maximum Gasteiger partial charge on any atom is 0.203 e. The molecule has 0 aliphatic carbocycles. The minimum atomic E-state index is 0.268. The van der Waals surface area contributed by atoms with Crippen molar-refractivity contribution in [2.45, 2.75) is 6.42 Å². The molecule has 0 heterocycles. The molecule has 0 saturated carbocycles. The van der Waals surface area contributed by atoms with Crippen LogP contribution in [0.3, 0.4) is 0 Å². The topological polar surface area (TPSA) is 26.3 Å². The van der Waals surface area contributed by atoms with E-state index in [1.54, 1.807) is 31.6 Å². The molecule has 0 bridgehead atoms. The number of halogens is 1. The minimum Gasteiger partial charge on any atom is -0.495 e. The van der Waals surface area contributed by atoms with E-state index in [1.807, 2.05) is 0 Å². The predicted molar refractivity (Wildman–Crippen MR) is 47.4 cm³/mol. The molecule has 1 rings (SSSR count). The van der Waals surface area contributed by atoms with Gasteiger partial charge in [0.15, 0.2) is 0 Å². The monoisotopic (exact) mass is 183 g/mol. The van der Waals surface area contributed by atoms with E-state index in [0.29, 0.717) is 10.8 Å². The Morgan fingerprint density at radius 3 is 2.83 bits per heavy atom. The maximum atomic E-state index is 10.0. The smallest absolute Gasteiger partial charge is 0.203 e. The Morgan fingerprint density at radius 2 is 2.33 bits per heavy atom. The summed E-state index contributed by atoms with van der Waals surface area (Å²) in [6.07, 6.45) is 2.07. The number of benzene rings is 1. The molecule has 0 unspecified atom stereocenters. The first kappa shape index (κ1) is 9.07. The van der Waals surface area contributed by atoms with Crippen LogP contribution in [-0.2, 0) is 11.2 Å². The van der Waals surface area contributed by atoms with E-state index in [-0.39, 0.29) is 6.42 Å². The highest BCUT2D eigenvalue weighted by Gasteiger charge is 2.00. The highest BCUT2D eigenvalue weighted by molar-refractivity contribution is 6.32. The summed E-state index contributed by atoms with van der Waals surface area (Å²) in [5.41, 5.74) is 0.843. The molecular weight excluding hydrogens is 176 g/mol. The Bertz CT molecular complexity index is 284. The first-order valence-electron chi connectivity index (χ1n) is 3.45. The number of methoxy groups -OCH3 is 1. The van der Waals surface area contributed by atoms with Crippen molar-refractivity contribution in [3.8, 4) is 5.75 Å². The Labute approximate surface area is 76.1 Å². The highest BCUT2D eigenvalue weighted by atomic mass is 35.5. The van der Waals surface area contributed by atoms with Crippen molar-refractivity contribution in [3.05, 3.63) is 28.8 Å². The van der Waals surface area contributed by atoms with Gasteiger partial charge in [-0.1, -0.05) is 17.7 Å². The van der Waals surface area contributed by atoms with Gasteiger partial charge >= 0.3 is 0 Å². The fourth-order valence-electron chi connectivity index (χ4n) is 0.903. The van der Waals surface area contributed by atoms with Crippen LogP contribution in [-0.4, -0.2) is 13.4 Å². The zero-order valence-corrected chi connectivity index (χ0v) is 7.39. The van der Waals surface area contributed by atoms with Gasteiger partial charge in [-0.2, -0.15) is 0 Å². The van der Waals surface area contributed by atoms with Crippen molar-refractivity contribution in [1.29, 1.82) is 0 Å². The Kier molecular flexibility index (Phi) is 3.11. The number of rotatable bonds is 3. The fourth-order valence-corrected chi connectivity index (χ4v) is 1.18. The van der Waals surface area contributed by atoms with Gasteiger partial charge in [-0.15, -0.1) is 0 Å². The maximum absolute atomic E-state index is 10.0. The summed E-state index contributed by atoms with van der Waals surface area (Å²) in [6.45, 7) is 0. The van der Waals surface area contributed by atoms with Crippen LogP contribution in [0.15, 0.2) is 18.2 Å². The second kappa shape index (κ2) is 4.12. The van der Waals surface area contributed by atoms with Crippen LogP contribution in [0.1, 0.15) is 5.56 Å². The standard InChI is InChI=1S/C9H8ClO2/c1-12-9-3-2-7(4-5-11)6-8(9)10/h2-3,6H,4H2,1H3. The van der Waals surface area contributed by atoms with E-state index >= 15 is 0 Å². The SMILES string of the molecule is COc1ccc(C[C]=O)cc1Cl. The van der Waals surface area contributed by atoms with Crippen LogP contribution in [0.4, 0.5) is 0 Å². The molecule has 0 amide bonds. The Balaban J connectivity index is 2.93. The number of ether oxygens (including phenoxy) is 1. The summed E-state index contributed by atoms with van der Waals surface area (Å²) >= 11 is 5.81. The van der Waals surface area contributed by atoms with E-state index in [1.165, 1.54) is 0 Å². The summed E-state index contributed by atoms with van der Waals surface area (Å²) in [4.78, 5) is 10.0. The first-order chi connectivity index (χ1) is 5.77. The van der Waals surface area contributed by atoms with Crippen LogP contribution in [0, 0.1) is 0 Å². The van der Waals surface area contributed by atoms with Gasteiger partial charge in [-0.05, 0) is 17.7 Å². The molecule has 0 aromatic heterocycles. The molecule has 0 N–H and O–H groups in total. The van der Waals surface area contributed by atoms with E-state index in [0.717, 1.165) is 5.56 Å². The molecule has 0 spiro atoms. The zero-order valence-electron chi connectivity index (χ0n) is 6.63. The van der Waals surface area contributed by atoms with Crippen LogP contribution < -0.4 is 4.74 Å². The van der Waals surface area contributed by atoms with Crippen molar-refractivity contribution in [3.63, 3.8) is 0 Å². The third-order valence-electron chi connectivity index (χ3n) is 1.49. The summed E-state index contributed by atoms with van der Waals surface area (Å²) in [5.74, 6) is 0.617. The van der Waals surface area contributed by atoms with Crippen LogP contribution in [0.2, 0.25) is 5.02 Å². The average molecular weight is 184 g/mol. The lowest BCUT2D eigenvalue weighted by Gasteiger charge is -2.02. The first-order valence-corrected chi connectivity index (χ1v) is 3.83. The van der Waals surface area contributed by atoms with Crippen molar-refractivity contribution < 1.29 is 9.53 Å². The van der Waals surface area contributed by atoms with Gasteiger partial charge in [0, 0.05) is 6.42 Å². The normalized spacial score (nSPS) is 9.50. The summed E-state index contributed by atoms with van der Waals surface area (Å²) < 4.78 is 4.95.